The van der Waals surface area contributed by atoms with Crippen LogP contribution in [0.25, 0.3) is 23.0 Å². The van der Waals surface area contributed by atoms with Crippen molar-refractivity contribution < 1.29 is 8.91 Å². The number of nitrogens with two attached hydrogens (primary N) is 1. The molecule has 0 amide bonds. The number of benzene rings is 1. The molecule has 0 saturated heterocycles. The van der Waals surface area contributed by atoms with Crippen LogP contribution in [-0.2, 0) is 0 Å². The van der Waals surface area contributed by atoms with Gasteiger partial charge in [-0.2, -0.15) is 4.98 Å². The van der Waals surface area contributed by atoms with Crippen LogP contribution in [0.5, 0.6) is 0 Å². The molecule has 3 aromatic rings. The highest BCUT2D eigenvalue weighted by atomic mass is 32.1. The first kappa shape index (κ1) is 11.8. The molecule has 0 spiro atoms. The van der Waals surface area contributed by atoms with Gasteiger partial charge in [-0.05, 0) is 30.7 Å². The zero-order valence-corrected chi connectivity index (χ0v) is 10.7. The number of aryl methyl sites for hydroxylation is 1. The van der Waals surface area contributed by atoms with Crippen LogP contribution in [0.2, 0.25) is 0 Å². The van der Waals surface area contributed by atoms with Gasteiger partial charge in [0.1, 0.15) is 11.5 Å². The molecule has 19 heavy (non-hydrogen) atoms. The van der Waals surface area contributed by atoms with Crippen molar-refractivity contribution in [2.45, 2.75) is 6.92 Å². The zero-order valence-electron chi connectivity index (χ0n) is 9.92. The van der Waals surface area contributed by atoms with Crippen LogP contribution in [-0.4, -0.2) is 15.1 Å². The second-order valence-electron chi connectivity index (χ2n) is 3.96. The van der Waals surface area contributed by atoms with Gasteiger partial charge in [-0.15, -0.1) is 11.3 Å². The topological polar surface area (TPSA) is 77.8 Å². The molecule has 0 radical (unpaired) electrons. The van der Waals surface area contributed by atoms with E-state index in [0.717, 1.165) is 0 Å². The normalized spacial score (nSPS) is 10.8. The van der Waals surface area contributed by atoms with E-state index < -0.39 is 0 Å². The first-order valence-corrected chi connectivity index (χ1v) is 6.33. The van der Waals surface area contributed by atoms with Crippen molar-refractivity contribution in [2.24, 2.45) is 0 Å². The van der Waals surface area contributed by atoms with E-state index in [1.165, 1.54) is 17.4 Å². The zero-order chi connectivity index (χ0) is 13.4. The van der Waals surface area contributed by atoms with Crippen LogP contribution in [0.15, 0.2) is 28.1 Å². The van der Waals surface area contributed by atoms with E-state index in [4.69, 9.17) is 10.3 Å². The van der Waals surface area contributed by atoms with Crippen LogP contribution in [0.4, 0.5) is 9.52 Å². The number of nitrogen functional groups attached to an aromatic ring is 1. The summed E-state index contributed by atoms with van der Waals surface area (Å²) in [6.07, 6.45) is 0. The number of aromatic nitrogens is 3. The van der Waals surface area contributed by atoms with E-state index in [-0.39, 0.29) is 5.82 Å². The molecule has 0 aliphatic carbocycles. The van der Waals surface area contributed by atoms with Crippen molar-refractivity contribution in [1.29, 1.82) is 0 Å². The van der Waals surface area contributed by atoms with Gasteiger partial charge in [0.15, 0.2) is 5.13 Å². The lowest BCUT2D eigenvalue weighted by atomic mass is 10.1. The Morgan fingerprint density at radius 1 is 1.32 bits per heavy atom. The lowest BCUT2D eigenvalue weighted by Crippen LogP contribution is -1.86. The Bertz CT molecular complexity index is 737. The average Bonchev–Trinajstić information content (AvgIpc) is 3.01. The van der Waals surface area contributed by atoms with Gasteiger partial charge in [-0.1, -0.05) is 5.16 Å². The standard InChI is InChI=1S/C12H9FN4OS/c1-6-4-7(2-3-8(6)13)10-16-11(18-17-10)9-5-19-12(14)15-9/h2-5H,1H3,(H2,14,15). The van der Waals surface area contributed by atoms with Crippen molar-refractivity contribution in [3.8, 4) is 23.0 Å². The van der Waals surface area contributed by atoms with Gasteiger partial charge in [0.2, 0.25) is 5.82 Å². The molecule has 5 nitrogen and oxygen atoms in total. The maximum Gasteiger partial charge on any atom is 0.277 e. The Morgan fingerprint density at radius 3 is 2.84 bits per heavy atom. The largest absolute Gasteiger partial charge is 0.375 e. The van der Waals surface area contributed by atoms with E-state index in [1.54, 1.807) is 24.4 Å². The molecule has 0 aliphatic rings. The molecule has 0 aliphatic heterocycles. The molecule has 7 heteroatoms. The summed E-state index contributed by atoms with van der Waals surface area (Å²) in [5.41, 5.74) is 7.31. The summed E-state index contributed by atoms with van der Waals surface area (Å²) in [6.45, 7) is 1.68. The summed E-state index contributed by atoms with van der Waals surface area (Å²) in [6, 6.07) is 4.65. The van der Waals surface area contributed by atoms with Gasteiger partial charge in [0.25, 0.3) is 5.89 Å². The molecular weight excluding hydrogens is 267 g/mol. The third-order valence-electron chi connectivity index (χ3n) is 2.58. The molecule has 0 saturated carbocycles. The second-order valence-corrected chi connectivity index (χ2v) is 4.85. The summed E-state index contributed by atoms with van der Waals surface area (Å²) in [4.78, 5) is 8.28. The number of anilines is 1. The monoisotopic (exact) mass is 276 g/mol. The van der Waals surface area contributed by atoms with Crippen molar-refractivity contribution >= 4 is 16.5 Å². The maximum absolute atomic E-state index is 13.2. The van der Waals surface area contributed by atoms with E-state index in [0.29, 0.717) is 33.7 Å². The van der Waals surface area contributed by atoms with E-state index in [2.05, 4.69) is 15.1 Å². The predicted octanol–water partition coefficient (Wildman–Crippen LogP) is 2.89. The fraction of sp³-hybridized carbons (Fsp3) is 0.0833. The Morgan fingerprint density at radius 2 is 2.16 bits per heavy atom. The van der Waals surface area contributed by atoms with E-state index in [9.17, 15) is 4.39 Å². The maximum atomic E-state index is 13.2. The first-order valence-electron chi connectivity index (χ1n) is 5.45. The lowest BCUT2D eigenvalue weighted by Gasteiger charge is -1.97. The summed E-state index contributed by atoms with van der Waals surface area (Å²) in [5.74, 6) is 0.425. The van der Waals surface area contributed by atoms with Gasteiger partial charge < -0.3 is 10.3 Å². The number of hydrogen-bond donors (Lipinski definition) is 1. The fourth-order valence-corrected chi connectivity index (χ4v) is 2.15. The van der Waals surface area contributed by atoms with Gasteiger partial charge in [0.05, 0.1) is 0 Å². The van der Waals surface area contributed by atoms with Gasteiger partial charge in [-0.25, -0.2) is 9.37 Å². The van der Waals surface area contributed by atoms with Crippen molar-refractivity contribution in [3.63, 3.8) is 0 Å². The lowest BCUT2D eigenvalue weighted by molar-refractivity contribution is 0.431. The van der Waals surface area contributed by atoms with Crippen LogP contribution in [0, 0.1) is 12.7 Å². The summed E-state index contributed by atoms with van der Waals surface area (Å²) in [5, 5.41) is 6.03. The molecular formula is C12H9FN4OS. The van der Waals surface area contributed by atoms with Crippen LogP contribution in [0.1, 0.15) is 5.56 Å². The minimum atomic E-state index is -0.264. The minimum absolute atomic E-state index is 0.264. The highest BCUT2D eigenvalue weighted by Crippen LogP contribution is 2.25. The molecule has 96 valence electrons. The smallest absolute Gasteiger partial charge is 0.277 e. The molecule has 2 N–H and O–H groups in total. The molecule has 0 bridgehead atoms. The first-order chi connectivity index (χ1) is 9.13. The van der Waals surface area contributed by atoms with Crippen molar-refractivity contribution in [3.05, 3.63) is 35.0 Å². The van der Waals surface area contributed by atoms with Crippen molar-refractivity contribution in [1.82, 2.24) is 15.1 Å². The van der Waals surface area contributed by atoms with Crippen LogP contribution in [0.3, 0.4) is 0 Å². The average molecular weight is 276 g/mol. The quantitative estimate of drug-likeness (QED) is 0.778. The summed E-state index contributed by atoms with van der Waals surface area (Å²) < 4.78 is 18.3. The Kier molecular flexibility index (Phi) is 2.75. The Labute approximate surface area is 111 Å². The SMILES string of the molecule is Cc1cc(-c2noc(-c3csc(N)n3)n2)ccc1F. The molecule has 0 unspecified atom stereocenters. The molecule has 2 heterocycles. The number of hydrogen-bond acceptors (Lipinski definition) is 6. The fourth-order valence-electron chi connectivity index (χ4n) is 1.61. The molecule has 1 aromatic carbocycles. The van der Waals surface area contributed by atoms with Crippen molar-refractivity contribution in [2.75, 3.05) is 5.73 Å². The number of rotatable bonds is 2. The Balaban J connectivity index is 1.98. The second kappa shape index (κ2) is 4.43. The van der Waals surface area contributed by atoms with Gasteiger partial charge in [0, 0.05) is 10.9 Å². The van der Waals surface area contributed by atoms with E-state index in [1.807, 2.05) is 0 Å². The van der Waals surface area contributed by atoms with E-state index >= 15 is 0 Å². The summed E-state index contributed by atoms with van der Waals surface area (Å²) >= 11 is 1.30. The minimum Gasteiger partial charge on any atom is -0.375 e. The van der Waals surface area contributed by atoms with Gasteiger partial charge in [-0.3, -0.25) is 0 Å². The molecule has 0 fully saturated rings. The molecule has 0 atom stereocenters. The summed E-state index contributed by atoms with van der Waals surface area (Å²) in [7, 11) is 0. The third kappa shape index (κ3) is 2.19. The van der Waals surface area contributed by atoms with Crippen LogP contribution >= 0.6 is 11.3 Å². The highest BCUT2D eigenvalue weighted by molar-refractivity contribution is 7.13. The third-order valence-corrected chi connectivity index (χ3v) is 3.26. The predicted molar refractivity (Wildman–Crippen MR) is 69.9 cm³/mol. The highest BCUT2D eigenvalue weighted by Gasteiger charge is 2.13. The molecule has 3 rings (SSSR count). The van der Waals surface area contributed by atoms with Crippen LogP contribution < -0.4 is 5.73 Å². The molecule has 2 aromatic heterocycles. The van der Waals surface area contributed by atoms with Gasteiger partial charge >= 0.3 is 0 Å². The number of nitrogens with zero attached hydrogens (tertiary/aromatic N) is 3. The number of halogens is 1. The Hall–Kier alpha value is -2.28. The number of thiazole rings is 1.